The van der Waals surface area contributed by atoms with E-state index in [-0.39, 0.29) is 5.75 Å². The summed E-state index contributed by atoms with van der Waals surface area (Å²) in [6.07, 6.45) is 1.44. The van der Waals surface area contributed by atoms with E-state index in [1.165, 1.54) is 20.4 Å². The third-order valence-corrected chi connectivity index (χ3v) is 3.98. The van der Waals surface area contributed by atoms with Crippen molar-refractivity contribution in [1.82, 2.24) is 5.43 Å². The van der Waals surface area contributed by atoms with Gasteiger partial charge in [0.2, 0.25) is 0 Å². The number of ether oxygens (including phenoxy) is 3. The number of aromatic hydroxyl groups is 1. The fourth-order valence-corrected chi connectivity index (χ4v) is 2.60. The molecule has 0 saturated carbocycles. The minimum atomic E-state index is -0.396. The van der Waals surface area contributed by atoms with Gasteiger partial charge in [-0.3, -0.25) is 4.79 Å². The number of phenolic OH excluding ortho intramolecular Hbond substituents is 1. The van der Waals surface area contributed by atoms with Crippen molar-refractivity contribution < 1.29 is 24.1 Å². The van der Waals surface area contributed by atoms with E-state index >= 15 is 0 Å². The van der Waals surface area contributed by atoms with E-state index in [4.69, 9.17) is 14.2 Å². The predicted octanol–water partition coefficient (Wildman–Crippen LogP) is 3.33. The van der Waals surface area contributed by atoms with Crippen LogP contribution in [0.2, 0.25) is 0 Å². The number of benzene rings is 2. The maximum absolute atomic E-state index is 12.2. The lowest BCUT2D eigenvalue weighted by Crippen LogP contribution is -2.17. The Morgan fingerprint density at radius 2 is 1.92 bits per heavy atom. The monoisotopic (exact) mass is 422 g/mol. The molecular formula is C18H19BrN2O5. The lowest BCUT2D eigenvalue weighted by molar-refractivity contribution is 0.0954. The largest absolute Gasteiger partial charge is 0.503 e. The molecule has 8 heteroatoms. The first-order chi connectivity index (χ1) is 12.5. The highest BCUT2D eigenvalue weighted by Gasteiger charge is 2.11. The van der Waals surface area contributed by atoms with E-state index in [9.17, 15) is 9.90 Å². The zero-order valence-corrected chi connectivity index (χ0v) is 16.2. The summed E-state index contributed by atoms with van der Waals surface area (Å²) < 4.78 is 16.2. The van der Waals surface area contributed by atoms with Crippen LogP contribution in [0.1, 0.15) is 22.8 Å². The van der Waals surface area contributed by atoms with E-state index in [0.29, 0.717) is 39.5 Å². The number of hydrogen-bond acceptors (Lipinski definition) is 6. The number of rotatable bonds is 7. The lowest BCUT2D eigenvalue weighted by atomic mass is 10.2. The molecule has 0 saturated heterocycles. The molecule has 0 radical (unpaired) electrons. The van der Waals surface area contributed by atoms with Gasteiger partial charge in [-0.25, -0.2) is 5.43 Å². The van der Waals surface area contributed by atoms with Gasteiger partial charge in [-0.05, 0) is 58.7 Å². The van der Waals surface area contributed by atoms with E-state index in [1.807, 2.05) is 6.92 Å². The quantitative estimate of drug-likeness (QED) is 0.527. The van der Waals surface area contributed by atoms with Crippen LogP contribution in [0.5, 0.6) is 23.0 Å². The molecule has 2 rings (SSSR count). The minimum Gasteiger partial charge on any atom is -0.503 e. The Bertz CT molecular complexity index is 823. The molecule has 0 aliphatic rings. The van der Waals surface area contributed by atoms with Crippen molar-refractivity contribution >= 4 is 28.1 Å². The molecule has 2 N–H and O–H groups in total. The van der Waals surface area contributed by atoms with Crippen molar-refractivity contribution in [3.8, 4) is 23.0 Å². The maximum Gasteiger partial charge on any atom is 0.271 e. The highest BCUT2D eigenvalue weighted by atomic mass is 79.9. The smallest absolute Gasteiger partial charge is 0.271 e. The fraction of sp³-hybridized carbons (Fsp3) is 0.222. The van der Waals surface area contributed by atoms with Crippen LogP contribution in [0, 0.1) is 0 Å². The van der Waals surface area contributed by atoms with E-state index in [1.54, 1.807) is 30.3 Å². The summed E-state index contributed by atoms with van der Waals surface area (Å²) in [6, 6.07) is 8.11. The summed E-state index contributed by atoms with van der Waals surface area (Å²) in [6.45, 7) is 2.36. The van der Waals surface area contributed by atoms with Crippen molar-refractivity contribution in [3.05, 3.63) is 45.9 Å². The summed E-state index contributed by atoms with van der Waals surface area (Å²) in [5, 5.41) is 13.7. The van der Waals surface area contributed by atoms with Crippen LogP contribution in [0.4, 0.5) is 0 Å². The number of hydrogen-bond donors (Lipinski definition) is 2. The Labute approximate surface area is 159 Å². The van der Waals surface area contributed by atoms with Gasteiger partial charge in [-0.2, -0.15) is 5.10 Å². The number of nitrogens with one attached hydrogen (secondary N) is 1. The Morgan fingerprint density at radius 1 is 1.19 bits per heavy atom. The first-order valence-electron chi connectivity index (χ1n) is 7.70. The molecule has 0 atom stereocenters. The van der Waals surface area contributed by atoms with Crippen LogP contribution in [0.15, 0.2) is 39.9 Å². The highest BCUT2D eigenvalue weighted by molar-refractivity contribution is 9.10. The number of halogens is 1. The van der Waals surface area contributed by atoms with Gasteiger partial charge >= 0.3 is 0 Å². The number of amides is 1. The van der Waals surface area contributed by atoms with Crippen LogP contribution in [-0.2, 0) is 0 Å². The van der Waals surface area contributed by atoms with E-state index < -0.39 is 5.91 Å². The number of nitrogens with zero attached hydrogens (tertiary/aromatic N) is 1. The molecule has 0 unspecified atom stereocenters. The summed E-state index contributed by atoms with van der Waals surface area (Å²) in [7, 11) is 2.96. The number of phenols is 1. The van der Waals surface area contributed by atoms with E-state index in [2.05, 4.69) is 26.5 Å². The van der Waals surface area contributed by atoms with Gasteiger partial charge in [-0.15, -0.1) is 0 Å². The van der Waals surface area contributed by atoms with Gasteiger partial charge in [-0.1, -0.05) is 0 Å². The van der Waals surface area contributed by atoms with Gasteiger partial charge < -0.3 is 19.3 Å². The second-order valence-corrected chi connectivity index (χ2v) is 5.91. The van der Waals surface area contributed by atoms with Crippen molar-refractivity contribution in [2.24, 2.45) is 5.10 Å². The summed E-state index contributed by atoms with van der Waals surface area (Å²) in [4.78, 5) is 12.2. The second-order valence-electron chi connectivity index (χ2n) is 5.05. The molecule has 2 aromatic rings. The Hall–Kier alpha value is -2.74. The molecule has 138 valence electrons. The van der Waals surface area contributed by atoms with Gasteiger partial charge in [0, 0.05) is 5.56 Å². The van der Waals surface area contributed by atoms with Crippen molar-refractivity contribution in [1.29, 1.82) is 0 Å². The Morgan fingerprint density at radius 3 is 2.58 bits per heavy atom. The molecule has 0 aromatic heterocycles. The zero-order valence-electron chi connectivity index (χ0n) is 14.6. The molecule has 0 aliphatic carbocycles. The van der Waals surface area contributed by atoms with Crippen LogP contribution >= 0.6 is 15.9 Å². The molecule has 2 aromatic carbocycles. The predicted molar refractivity (Wildman–Crippen MR) is 102 cm³/mol. The molecule has 7 nitrogen and oxygen atoms in total. The first kappa shape index (κ1) is 19.6. The van der Waals surface area contributed by atoms with Crippen LogP contribution in [0.25, 0.3) is 0 Å². The van der Waals surface area contributed by atoms with Crippen molar-refractivity contribution in [3.63, 3.8) is 0 Å². The minimum absolute atomic E-state index is 0.00447. The standard InChI is InChI=1S/C18H19BrN2O5/c1-4-26-14-6-5-12(9-15(14)24-2)18(23)21-20-10-11-7-13(19)17(22)16(8-11)25-3/h5-10,22H,4H2,1-3H3,(H,21,23)/b20-10+. The third kappa shape index (κ3) is 4.66. The Kier molecular flexibility index (Phi) is 6.85. The number of carbonyl (C=O) groups is 1. The normalized spacial score (nSPS) is 10.6. The summed E-state index contributed by atoms with van der Waals surface area (Å²) in [5.74, 6) is 0.928. The molecule has 0 bridgehead atoms. The zero-order chi connectivity index (χ0) is 19.1. The van der Waals surface area contributed by atoms with Gasteiger partial charge in [0.15, 0.2) is 23.0 Å². The van der Waals surface area contributed by atoms with Gasteiger partial charge in [0.25, 0.3) is 5.91 Å². The average molecular weight is 423 g/mol. The van der Waals surface area contributed by atoms with Crippen molar-refractivity contribution in [2.45, 2.75) is 6.92 Å². The van der Waals surface area contributed by atoms with Crippen LogP contribution in [0.3, 0.4) is 0 Å². The van der Waals surface area contributed by atoms with Gasteiger partial charge in [0.1, 0.15) is 0 Å². The maximum atomic E-state index is 12.2. The van der Waals surface area contributed by atoms with E-state index in [0.717, 1.165) is 0 Å². The summed E-state index contributed by atoms with van der Waals surface area (Å²) >= 11 is 3.23. The molecule has 0 spiro atoms. The van der Waals surface area contributed by atoms with Gasteiger partial charge in [0.05, 0.1) is 31.5 Å². The molecule has 0 heterocycles. The molecule has 26 heavy (non-hydrogen) atoms. The Balaban J connectivity index is 2.11. The fourth-order valence-electron chi connectivity index (χ4n) is 2.14. The van der Waals surface area contributed by atoms with Crippen molar-refractivity contribution in [2.75, 3.05) is 20.8 Å². The molecule has 0 fully saturated rings. The summed E-state index contributed by atoms with van der Waals surface area (Å²) in [5.41, 5.74) is 3.45. The first-order valence-corrected chi connectivity index (χ1v) is 8.50. The number of carbonyl (C=O) groups excluding carboxylic acids is 1. The lowest BCUT2D eigenvalue weighted by Gasteiger charge is -2.10. The highest BCUT2D eigenvalue weighted by Crippen LogP contribution is 2.34. The van der Waals surface area contributed by atoms with Crippen LogP contribution < -0.4 is 19.6 Å². The number of methoxy groups -OCH3 is 2. The third-order valence-electron chi connectivity index (χ3n) is 3.38. The molecule has 0 aliphatic heterocycles. The molecular weight excluding hydrogens is 404 g/mol. The second kappa shape index (κ2) is 9.10. The average Bonchev–Trinajstić information content (AvgIpc) is 2.64. The number of hydrazone groups is 1. The molecule has 1 amide bonds. The topological polar surface area (TPSA) is 89.4 Å². The van der Waals surface area contributed by atoms with Crippen LogP contribution in [-0.4, -0.2) is 38.1 Å². The SMILES string of the molecule is CCOc1ccc(C(=O)N/N=C/c2cc(Br)c(O)c(OC)c2)cc1OC.